The highest BCUT2D eigenvalue weighted by Crippen LogP contribution is 2.16. The molecule has 0 amide bonds. The standard InChI is InChI=1S/C20H26N2O/c1-17-15-21-12-13-22(17)16-19-7-9-20(10-8-19)23-14-11-18-5-3-2-4-6-18/h2-10,17,21H,11-16H2,1H3. The largest absolute Gasteiger partial charge is 0.493 e. The lowest BCUT2D eigenvalue weighted by Crippen LogP contribution is -2.49. The van der Waals surface area contributed by atoms with Gasteiger partial charge in [0.05, 0.1) is 6.61 Å². The zero-order valence-corrected chi connectivity index (χ0v) is 13.9. The summed E-state index contributed by atoms with van der Waals surface area (Å²) in [7, 11) is 0. The summed E-state index contributed by atoms with van der Waals surface area (Å²) in [5.74, 6) is 0.957. The summed E-state index contributed by atoms with van der Waals surface area (Å²) in [5.41, 5.74) is 2.67. The Morgan fingerprint density at radius 3 is 2.57 bits per heavy atom. The van der Waals surface area contributed by atoms with Crippen LogP contribution in [0, 0.1) is 0 Å². The van der Waals surface area contributed by atoms with Crippen LogP contribution in [0.25, 0.3) is 0 Å². The minimum atomic E-state index is 0.602. The quantitative estimate of drug-likeness (QED) is 0.887. The van der Waals surface area contributed by atoms with Crippen LogP contribution < -0.4 is 10.1 Å². The van der Waals surface area contributed by atoms with Gasteiger partial charge in [-0.2, -0.15) is 0 Å². The molecule has 0 radical (unpaired) electrons. The van der Waals surface area contributed by atoms with Crippen LogP contribution in [0.15, 0.2) is 54.6 Å². The lowest BCUT2D eigenvalue weighted by molar-refractivity contribution is 0.165. The first kappa shape index (κ1) is 16.0. The summed E-state index contributed by atoms with van der Waals surface area (Å²) in [6, 6.07) is 19.6. The van der Waals surface area contributed by atoms with Gasteiger partial charge in [0.1, 0.15) is 5.75 Å². The third-order valence-corrected chi connectivity index (χ3v) is 4.45. The van der Waals surface area contributed by atoms with Crippen molar-refractivity contribution in [1.29, 1.82) is 0 Å². The van der Waals surface area contributed by atoms with Gasteiger partial charge in [0, 0.05) is 38.6 Å². The van der Waals surface area contributed by atoms with E-state index < -0.39 is 0 Å². The summed E-state index contributed by atoms with van der Waals surface area (Å²) in [6.07, 6.45) is 0.945. The Morgan fingerprint density at radius 2 is 1.83 bits per heavy atom. The van der Waals surface area contributed by atoms with Gasteiger partial charge in [-0.3, -0.25) is 4.90 Å². The predicted molar refractivity (Wildman–Crippen MR) is 94.8 cm³/mol. The molecule has 1 N–H and O–H groups in total. The van der Waals surface area contributed by atoms with Gasteiger partial charge in [-0.1, -0.05) is 42.5 Å². The second-order valence-corrected chi connectivity index (χ2v) is 6.25. The van der Waals surface area contributed by atoms with Crippen molar-refractivity contribution in [2.45, 2.75) is 25.9 Å². The van der Waals surface area contributed by atoms with Gasteiger partial charge in [0.15, 0.2) is 0 Å². The molecule has 0 aromatic heterocycles. The van der Waals surface area contributed by atoms with Crippen molar-refractivity contribution in [3.8, 4) is 5.75 Å². The summed E-state index contributed by atoms with van der Waals surface area (Å²) < 4.78 is 5.85. The Balaban J connectivity index is 1.47. The fourth-order valence-electron chi connectivity index (χ4n) is 2.97. The Hall–Kier alpha value is -1.84. The van der Waals surface area contributed by atoms with E-state index in [1.807, 2.05) is 6.07 Å². The zero-order chi connectivity index (χ0) is 15.9. The maximum atomic E-state index is 5.85. The van der Waals surface area contributed by atoms with E-state index in [0.29, 0.717) is 6.04 Å². The summed E-state index contributed by atoms with van der Waals surface area (Å²) in [6.45, 7) is 7.32. The number of benzene rings is 2. The van der Waals surface area contributed by atoms with Gasteiger partial charge < -0.3 is 10.1 Å². The third-order valence-electron chi connectivity index (χ3n) is 4.45. The Morgan fingerprint density at radius 1 is 1.04 bits per heavy atom. The molecule has 0 spiro atoms. The molecule has 1 heterocycles. The van der Waals surface area contributed by atoms with Crippen molar-refractivity contribution in [2.75, 3.05) is 26.2 Å². The molecule has 0 aliphatic carbocycles. The summed E-state index contributed by atoms with van der Waals surface area (Å²) in [5, 5.41) is 3.43. The molecule has 1 unspecified atom stereocenters. The fraction of sp³-hybridized carbons (Fsp3) is 0.400. The average Bonchev–Trinajstić information content (AvgIpc) is 2.59. The number of hydrogen-bond donors (Lipinski definition) is 1. The molecule has 2 aromatic carbocycles. The number of ether oxygens (including phenoxy) is 1. The van der Waals surface area contributed by atoms with Crippen molar-refractivity contribution in [2.24, 2.45) is 0 Å². The summed E-state index contributed by atoms with van der Waals surface area (Å²) in [4.78, 5) is 2.53. The van der Waals surface area contributed by atoms with Crippen LogP contribution in [0.1, 0.15) is 18.1 Å². The molecule has 0 bridgehead atoms. The van der Waals surface area contributed by atoms with E-state index in [1.165, 1.54) is 11.1 Å². The van der Waals surface area contributed by atoms with Crippen LogP contribution in [0.4, 0.5) is 0 Å². The first-order valence-electron chi connectivity index (χ1n) is 8.52. The average molecular weight is 310 g/mol. The van der Waals surface area contributed by atoms with E-state index in [9.17, 15) is 0 Å². The Kier molecular flexibility index (Phi) is 5.67. The minimum absolute atomic E-state index is 0.602. The molecule has 3 nitrogen and oxygen atoms in total. The number of nitrogens with one attached hydrogen (secondary N) is 1. The summed E-state index contributed by atoms with van der Waals surface area (Å²) >= 11 is 0. The maximum absolute atomic E-state index is 5.85. The van der Waals surface area contributed by atoms with Gasteiger partial charge in [0.2, 0.25) is 0 Å². The SMILES string of the molecule is CC1CNCCN1Cc1ccc(OCCc2ccccc2)cc1. The second kappa shape index (κ2) is 8.14. The van der Waals surface area contributed by atoms with Crippen LogP contribution in [0.3, 0.4) is 0 Å². The molecule has 3 rings (SSSR count). The number of rotatable bonds is 6. The number of piperazine rings is 1. The minimum Gasteiger partial charge on any atom is -0.493 e. The first-order chi connectivity index (χ1) is 11.3. The number of nitrogens with zero attached hydrogens (tertiary/aromatic N) is 1. The zero-order valence-electron chi connectivity index (χ0n) is 13.9. The molecule has 0 saturated carbocycles. The molecule has 1 aliphatic rings. The van der Waals surface area contributed by atoms with E-state index >= 15 is 0 Å². The molecule has 1 fully saturated rings. The smallest absolute Gasteiger partial charge is 0.119 e. The third kappa shape index (κ3) is 4.81. The van der Waals surface area contributed by atoms with Crippen molar-refractivity contribution < 1.29 is 4.74 Å². The van der Waals surface area contributed by atoms with Crippen LogP contribution >= 0.6 is 0 Å². The monoisotopic (exact) mass is 310 g/mol. The van der Waals surface area contributed by atoms with Crippen molar-refractivity contribution in [3.05, 3.63) is 65.7 Å². The highest BCUT2D eigenvalue weighted by atomic mass is 16.5. The van der Waals surface area contributed by atoms with E-state index in [2.05, 4.69) is 65.7 Å². The van der Waals surface area contributed by atoms with Crippen molar-refractivity contribution in [3.63, 3.8) is 0 Å². The topological polar surface area (TPSA) is 24.5 Å². The predicted octanol–water partition coefficient (Wildman–Crippen LogP) is 3.10. The molecule has 122 valence electrons. The van der Waals surface area contributed by atoms with Gasteiger partial charge >= 0.3 is 0 Å². The fourth-order valence-corrected chi connectivity index (χ4v) is 2.97. The van der Waals surface area contributed by atoms with Gasteiger partial charge in [-0.15, -0.1) is 0 Å². The molecule has 1 saturated heterocycles. The van der Waals surface area contributed by atoms with Gasteiger partial charge in [-0.25, -0.2) is 0 Å². The molecular formula is C20H26N2O. The molecular weight excluding hydrogens is 284 g/mol. The van der Waals surface area contributed by atoms with Gasteiger partial charge in [-0.05, 0) is 30.2 Å². The molecule has 2 aromatic rings. The first-order valence-corrected chi connectivity index (χ1v) is 8.52. The van der Waals surface area contributed by atoms with Crippen molar-refractivity contribution >= 4 is 0 Å². The maximum Gasteiger partial charge on any atom is 0.119 e. The normalized spacial score (nSPS) is 18.7. The molecule has 1 atom stereocenters. The Labute approximate surface area is 139 Å². The van der Waals surface area contributed by atoms with E-state index in [1.54, 1.807) is 0 Å². The highest BCUT2D eigenvalue weighted by Gasteiger charge is 2.17. The molecule has 1 aliphatic heterocycles. The number of hydrogen-bond acceptors (Lipinski definition) is 3. The lowest BCUT2D eigenvalue weighted by Gasteiger charge is -2.33. The van der Waals surface area contributed by atoms with Crippen LogP contribution in [-0.4, -0.2) is 37.2 Å². The Bertz CT molecular complexity index is 582. The second-order valence-electron chi connectivity index (χ2n) is 6.25. The van der Waals surface area contributed by atoms with Crippen LogP contribution in [-0.2, 0) is 13.0 Å². The van der Waals surface area contributed by atoms with Crippen LogP contribution in [0.2, 0.25) is 0 Å². The van der Waals surface area contributed by atoms with Crippen LogP contribution in [0.5, 0.6) is 5.75 Å². The van der Waals surface area contributed by atoms with E-state index in [-0.39, 0.29) is 0 Å². The highest BCUT2D eigenvalue weighted by molar-refractivity contribution is 5.27. The molecule has 3 heteroatoms. The van der Waals surface area contributed by atoms with Gasteiger partial charge in [0.25, 0.3) is 0 Å². The van der Waals surface area contributed by atoms with E-state index in [4.69, 9.17) is 4.74 Å². The molecule has 23 heavy (non-hydrogen) atoms. The van der Waals surface area contributed by atoms with E-state index in [0.717, 1.165) is 45.0 Å². The lowest BCUT2D eigenvalue weighted by atomic mass is 10.1. The van der Waals surface area contributed by atoms with Crippen molar-refractivity contribution in [1.82, 2.24) is 10.2 Å².